The first-order valence-corrected chi connectivity index (χ1v) is 5.39. The Morgan fingerprint density at radius 2 is 2.00 bits per heavy atom. The molecule has 16 heavy (non-hydrogen) atoms. The molecule has 1 aromatic carbocycles. The highest BCUT2D eigenvalue weighted by atomic mass is 19.1. The number of Topliss-reactive ketones (excluding diaryl/α,β-unsaturated/α-hetero) is 1. The van der Waals surface area contributed by atoms with Crippen LogP contribution in [0.1, 0.15) is 24.2 Å². The number of halogens is 1. The van der Waals surface area contributed by atoms with Crippen LogP contribution in [-0.4, -0.2) is 30.3 Å². The van der Waals surface area contributed by atoms with Gasteiger partial charge < -0.3 is 5.73 Å². The van der Waals surface area contributed by atoms with Gasteiger partial charge in [-0.1, -0.05) is 13.8 Å². The number of rotatable bonds is 5. The zero-order chi connectivity index (χ0) is 12.1. The zero-order valence-corrected chi connectivity index (χ0v) is 9.66. The number of ketones is 1. The van der Waals surface area contributed by atoms with Crippen molar-refractivity contribution < 1.29 is 9.18 Å². The maximum Gasteiger partial charge on any atom is 0.176 e. The van der Waals surface area contributed by atoms with Crippen molar-refractivity contribution in [1.29, 1.82) is 0 Å². The van der Waals surface area contributed by atoms with Gasteiger partial charge in [0.2, 0.25) is 0 Å². The molecular formula is C12H17FN2O. The molecule has 0 saturated heterocycles. The highest BCUT2D eigenvalue weighted by Crippen LogP contribution is 2.13. The fourth-order valence-corrected chi connectivity index (χ4v) is 1.46. The molecule has 0 aliphatic heterocycles. The van der Waals surface area contributed by atoms with Crippen molar-refractivity contribution in [3.05, 3.63) is 29.6 Å². The highest BCUT2D eigenvalue weighted by Gasteiger charge is 2.11. The summed E-state index contributed by atoms with van der Waals surface area (Å²) in [4.78, 5) is 13.8. The quantitative estimate of drug-likeness (QED) is 0.614. The van der Waals surface area contributed by atoms with Crippen molar-refractivity contribution in [3.63, 3.8) is 0 Å². The summed E-state index contributed by atoms with van der Waals surface area (Å²) in [6, 6.07) is 4.09. The molecule has 88 valence electrons. The molecule has 0 aromatic heterocycles. The largest absolute Gasteiger partial charge is 0.396 e. The number of hydrogen-bond acceptors (Lipinski definition) is 3. The molecule has 1 aromatic rings. The van der Waals surface area contributed by atoms with Gasteiger partial charge in [0.15, 0.2) is 5.78 Å². The Balaban J connectivity index is 2.76. The topological polar surface area (TPSA) is 46.3 Å². The molecule has 0 unspecified atom stereocenters. The number of nitrogens with zero attached hydrogens (tertiary/aromatic N) is 1. The minimum Gasteiger partial charge on any atom is -0.396 e. The van der Waals surface area contributed by atoms with Gasteiger partial charge in [-0.2, -0.15) is 0 Å². The predicted molar refractivity (Wildman–Crippen MR) is 62.9 cm³/mol. The minimum atomic E-state index is -0.487. The molecular weight excluding hydrogens is 207 g/mol. The summed E-state index contributed by atoms with van der Waals surface area (Å²) in [5.74, 6) is -0.519. The zero-order valence-electron chi connectivity index (χ0n) is 9.66. The molecule has 0 aliphatic carbocycles. The molecule has 0 fully saturated rings. The normalized spacial score (nSPS) is 10.8. The lowest BCUT2D eigenvalue weighted by atomic mass is 10.1. The van der Waals surface area contributed by atoms with Crippen LogP contribution < -0.4 is 5.73 Å². The Morgan fingerprint density at radius 1 is 1.38 bits per heavy atom. The fraction of sp³-hybridized carbons (Fsp3) is 0.417. The summed E-state index contributed by atoms with van der Waals surface area (Å²) in [7, 11) is 0. The van der Waals surface area contributed by atoms with Crippen LogP contribution in [0, 0.1) is 5.82 Å². The first-order valence-electron chi connectivity index (χ1n) is 5.39. The van der Waals surface area contributed by atoms with Crippen molar-refractivity contribution in [2.75, 3.05) is 25.4 Å². The Kier molecular flexibility index (Phi) is 4.43. The van der Waals surface area contributed by atoms with E-state index < -0.39 is 5.82 Å². The van der Waals surface area contributed by atoms with E-state index in [-0.39, 0.29) is 11.5 Å². The first-order chi connectivity index (χ1) is 7.58. The number of benzene rings is 1. The lowest BCUT2D eigenvalue weighted by Gasteiger charge is -2.16. The summed E-state index contributed by atoms with van der Waals surface area (Å²) in [5, 5.41) is 0. The summed E-state index contributed by atoms with van der Waals surface area (Å²) in [6.07, 6.45) is 0. The van der Waals surface area contributed by atoms with E-state index in [1.165, 1.54) is 18.2 Å². The van der Waals surface area contributed by atoms with Crippen LogP contribution >= 0.6 is 0 Å². The Morgan fingerprint density at radius 3 is 2.50 bits per heavy atom. The predicted octanol–water partition coefficient (Wildman–Crippen LogP) is 1.93. The van der Waals surface area contributed by atoms with Crippen LogP contribution in [-0.2, 0) is 0 Å². The van der Waals surface area contributed by atoms with Crippen LogP contribution in [0.15, 0.2) is 18.2 Å². The van der Waals surface area contributed by atoms with E-state index in [9.17, 15) is 9.18 Å². The Labute approximate surface area is 95.0 Å². The number of hydrogen-bond donors (Lipinski definition) is 1. The van der Waals surface area contributed by atoms with E-state index in [1.54, 1.807) is 0 Å². The van der Waals surface area contributed by atoms with Gasteiger partial charge in [-0.25, -0.2) is 4.39 Å². The average Bonchev–Trinajstić information content (AvgIpc) is 2.29. The fourth-order valence-electron chi connectivity index (χ4n) is 1.46. The molecule has 0 atom stereocenters. The Hall–Kier alpha value is -1.42. The van der Waals surface area contributed by atoms with Gasteiger partial charge in [0, 0.05) is 5.56 Å². The summed E-state index contributed by atoms with van der Waals surface area (Å²) in [5.41, 5.74) is 5.90. The molecule has 0 radical (unpaired) electrons. The molecule has 0 spiro atoms. The molecule has 3 nitrogen and oxygen atoms in total. The lowest BCUT2D eigenvalue weighted by molar-refractivity contribution is 0.0937. The van der Waals surface area contributed by atoms with Crippen LogP contribution in [0.3, 0.4) is 0 Å². The van der Waals surface area contributed by atoms with E-state index in [4.69, 9.17) is 5.73 Å². The van der Waals surface area contributed by atoms with Crippen molar-refractivity contribution in [2.24, 2.45) is 0 Å². The molecule has 0 saturated carbocycles. The number of carbonyl (C=O) groups excluding carboxylic acids is 1. The molecule has 2 N–H and O–H groups in total. The van der Waals surface area contributed by atoms with Crippen molar-refractivity contribution >= 4 is 11.5 Å². The third-order valence-electron chi connectivity index (χ3n) is 2.58. The van der Waals surface area contributed by atoms with Gasteiger partial charge >= 0.3 is 0 Å². The number of anilines is 1. The molecule has 4 heteroatoms. The lowest BCUT2D eigenvalue weighted by Crippen LogP contribution is -2.29. The minimum absolute atomic E-state index is 0.0189. The smallest absolute Gasteiger partial charge is 0.176 e. The van der Waals surface area contributed by atoms with Crippen molar-refractivity contribution in [3.8, 4) is 0 Å². The maximum atomic E-state index is 12.9. The number of nitrogens with two attached hydrogens (primary N) is 1. The number of nitrogen functional groups attached to an aromatic ring is 1. The monoisotopic (exact) mass is 224 g/mol. The molecule has 1 rings (SSSR count). The average molecular weight is 224 g/mol. The van der Waals surface area contributed by atoms with E-state index in [0.717, 1.165) is 13.1 Å². The van der Waals surface area contributed by atoms with Gasteiger partial charge in [-0.05, 0) is 31.3 Å². The molecule has 0 amide bonds. The van der Waals surface area contributed by atoms with Crippen LogP contribution in [0.5, 0.6) is 0 Å². The maximum absolute atomic E-state index is 12.9. The van der Waals surface area contributed by atoms with Crippen LogP contribution in [0.25, 0.3) is 0 Å². The third-order valence-corrected chi connectivity index (χ3v) is 2.58. The second-order valence-electron chi connectivity index (χ2n) is 3.62. The molecule has 0 aliphatic rings. The first kappa shape index (κ1) is 12.6. The van der Waals surface area contributed by atoms with Crippen molar-refractivity contribution in [2.45, 2.75) is 13.8 Å². The van der Waals surface area contributed by atoms with E-state index in [0.29, 0.717) is 12.1 Å². The standard InChI is InChI=1S/C12H17FN2O/c1-3-15(4-2)8-12(16)9-5-6-10(13)11(14)7-9/h5-7H,3-4,8,14H2,1-2H3. The Bertz CT molecular complexity index is 375. The molecule has 0 heterocycles. The summed E-state index contributed by atoms with van der Waals surface area (Å²) < 4.78 is 12.9. The SMILES string of the molecule is CCN(CC)CC(=O)c1ccc(F)c(N)c1. The van der Waals surface area contributed by atoms with Crippen LogP contribution in [0.2, 0.25) is 0 Å². The number of likely N-dealkylation sites (N-methyl/N-ethyl adjacent to an activating group) is 1. The van der Waals surface area contributed by atoms with Gasteiger partial charge in [0.25, 0.3) is 0 Å². The van der Waals surface area contributed by atoms with Crippen LogP contribution in [0.4, 0.5) is 10.1 Å². The van der Waals surface area contributed by atoms with Crippen molar-refractivity contribution in [1.82, 2.24) is 4.90 Å². The molecule has 0 bridgehead atoms. The summed E-state index contributed by atoms with van der Waals surface area (Å²) >= 11 is 0. The summed E-state index contributed by atoms with van der Waals surface area (Å²) in [6.45, 7) is 5.97. The van der Waals surface area contributed by atoms with Gasteiger partial charge in [0.05, 0.1) is 12.2 Å². The highest BCUT2D eigenvalue weighted by molar-refractivity contribution is 5.98. The number of carbonyl (C=O) groups is 1. The van der Waals surface area contributed by atoms with Gasteiger partial charge in [-0.3, -0.25) is 9.69 Å². The van der Waals surface area contributed by atoms with Gasteiger partial charge in [-0.15, -0.1) is 0 Å². The second-order valence-corrected chi connectivity index (χ2v) is 3.62. The second kappa shape index (κ2) is 5.61. The van der Waals surface area contributed by atoms with E-state index in [2.05, 4.69) is 0 Å². The van der Waals surface area contributed by atoms with E-state index >= 15 is 0 Å². The van der Waals surface area contributed by atoms with Gasteiger partial charge in [0.1, 0.15) is 5.82 Å². The van der Waals surface area contributed by atoms with E-state index in [1.807, 2.05) is 18.7 Å². The third kappa shape index (κ3) is 3.03.